The fraction of sp³-hybridized carbons (Fsp3) is 0.364. The summed E-state index contributed by atoms with van der Waals surface area (Å²) in [6.07, 6.45) is 0.00715. The summed E-state index contributed by atoms with van der Waals surface area (Å²) in [5.74, 6) is 0.573. The second-order valence-corrected chi connectivity index (χ2v) is 2.90. The summed E-state index contributed by atoms with van der Waals surface area (Å²) < 4.78 is 10.5. The van der Waals surface area contributed by atoms with Crippen LogP contribution in [0.1, 0.15) is 13.3 Å². The number of carboxylic acid groups (broad SMARTS) is 1. The van der Waals surface area contributed by atoms with Gasteiger partial charge in [-0.3, -0.25) is 4.79 Å². The standard InChI is InChI=1S/C11H14O4/c1-2-14-9-3-5-10(6-4-9)15-8-7-11(12)13/h3-6H,2,7-8H2,1H3,(H,12,13). The predicted molar refractivity (Wildman–Crippen MR) is 55.4 cm³/mol. The lowest BCUT2D eigenvalue weighted by Crippen LogP contribution is -2.04. The van der Waals surface area contributed by atoms with Crippen molar-refractivity contribution in [2.75, 3.05) is 13.2 Å². The number of ether oxygens (including phenoxy) is 2. The van der Waals surface area contributed by atoms with Gasteiger partial charge in [0.1, 0.15) is 11.5 Å². The van der Waals surface area contributed by atoms with Gasteiger partial charge in [-0.1, -0.05) is 0 Å². The van der Waals surface area contributed by atoms with Crippen molar-refractivity contribution in [3.8, 4) is 11.5 Å². The summed E-state index contributed by atoms with van der Waals surface area (Å²) in [7, 11) is 0. The second-order valence-electron chi connectivity index (χ2n) is 2.90. The Bertz CT molecular complexity index is 305. The molecule has 0 aromatic heterocycles. The molecule has 15 heavy (non-hydrogen) atoms. The van der Waals surface area contributed by atoms with Gasteiger partial charge in [-0.05, 0) is 31.2 Å². The Morgan fingerprint density at radius 3 is 2.20 bits per heavy atom. The van der Waals surface area contributed by atoms with Crippen molar-refractivity contribution in [1.29, 1.82) is 0 Å². The zero-order chi connectivity index (χ0) is 11.1. The van der Waals surface area contributed by atoms with Crippen LogP contribution in [0.15, 0.2) is 24.3 Å². The molecule has 0 amide bonds. The Kier molecular flexibility index (Phi) is 4.47. The topological polar surface area (TPSA) is 55.8 Å². The lowest BCUT2D eigenvalue weighted by atomic mass is 10.3. The fourth-order valence-corrected chi connectivity index (χ4v) is 1.05. The van der Waals surface area contributed by atoms with Crippen LogP contribution in [-0.4, -0.2) is 24.3 Å². The van der Waals surface area contributed by atoms with Gasteiger partial charge in [0.05, 0.1) is 19.6 Å². The van der Waals surface area contributed by atoms with Gasteiger partial charge < -0.3 is 14.6 Å². The first-order valence-corrected chi connectivity index (χ1v) is 4.80. The molecule has 1 aromatic carbocycles. The molecule has 1 rings (SSSR count). The molecule has 0 fully saturated rings. The highest BCUT2D eigenvalue weighted by Crippen LogP contribution is 2.17. The summed E-state index contributed by atoms with van der Waals surface area (Å²) in [6, 6.07) is 7.10. The monoisotopic (exact) mass is 210 g/mol. The number of hydrogen-bond acceptors (Lipinski definition) is 3. The maximum Gasteiger partial charge on any atom is 0.306 e. The van der Waals surface area contributed by atoms with Gasteiger partial charge in [-0.25, -0.2) is 0 Å². The van der Waals surface area contributed by atoms with Crippen LogP contribution in [0, 0.1) is 0 Å². The fourth-order valence-electron chi connectivity index (χ4n) is 1.05. The molecule has 4 nitrogen and oxygen atoms in total. The van der Waals surface area contributed by atoms with Gasteiger partial charge in [0.2, 0.25) is 0 Å². The maximum atomic E-state index is 10.2. The van der Waals surface area contributed by atoms with Gasteiger partial charge in [-0.2, -0.15) is 0 Å². The molecular weight excluding hydrogens is 196 g/mol. The molecule has 0 spiro atoms. The van der Waals surface area contributed by atoms with Crippen LogP contribution >= 0.6 is 0 Å². The Morgan fingerprint density at radius 2 is 1.73 bits per heavy atom. The number of rotatable bonds is 6. The number of carboxylic acids is 1. The van der Waals surface area contributed by atoms with E-state index in [1.165, 1.54) is 0 Å². The van der Waals surface area contributed by atoms with E-state index in [4.69, 9.17) is 14.6 Å². The van der Waals surface area contributed by atoms with E-state index in [1.807, 2.05) is 6.92 Å². The zero-order valence-corrected chi connectivity index (χ0v) is 8.60. The molecule has 0 radical (unpaired) electrons. The minimum absolute atomic E-state index is 0.00715. The molecule has 0 saturated heterocycles. The predicted octanol–water partition coefficient (Wildman–Crippen LogP) is 1.94. The molecule has 4 heteroatoms. The summed E-state index contributed by atoms with van der Waals surface area (Å²) >= 11 is 0. The average Bonchev–Trinajstić information content (AvgIpc) is 2.20. The molecule has 1 N–H and O–H groups in total. The lowest BCUT2D eigenvalue weighted by molar-refractivity contribution is -0.137. The third kappa shape index (κ3) is 4.35. The molecule has 0 bridgehead atoms. The highest BCUT2D eigenvalue weighted by atomic mass is 16.5. The molecule has 82 valence electrons. The maximum absolute atomic E-state index is 10.2. The Hall–Kier alpha value is -1.71. The highest BCUT2D eigenvalue weighted by Gasteiger charge is 1.98. The Morgan fingerprint density at radius 1 is 1.20 bits per heavy atom. The van der Waals surface area contributed by atoms with Crippen LogP contribution in [0.25, 0.3) is 0 Å². The van der Waals surface area contributed by atoms with Crippen molar-refractivity contribution < 1.29 is 19.4 Å². The molecule has 0 aliphatic heterocycles. The quantitative estimate of drug-likeness (QED) is 0.779. The molecule has 1 aromatic rings. The van der Waals surface area contributed by atoms with E-state index in [-0.39, 0.29) is 13.0 Å². The van der Waals surface area contributed by atoms with Crippen LogP contribution in [0.4, 0.5) is 0 Å². The first-order chi connectivity index (χ1) is 7.22. The van der Waals surface area contributed by atoms with Crippen molar-refractivity contribution in [1.82, 2.24) is 0 Å². The number of carbonyl (C=O) groups is 1. The summed E-state index contributed by atoms with van der Waals surface area (Å²) in [5, 5.41) is 8.41. The third-order valence-electron chi connectivity index (χ3n) is 1.72. The average molecular weight is 210 g/mol. The van der Waals surface area contributed by atoms with E-state index in [1.54, 1.807) is 24.3 Å². The minimum Gasteiger partial charge on any atom is -0.494 e. The number of benzene rings is 1. The molecule has 0 aliphatic rings. The van der Waals surface area contributed by atoms with Crippen LogP contribution in [-0.2, 0) is 4.79 Å². The molecule has 0 aliphatic carbocycles. The van der Waals surface area contributed by atoms with E-state index in [9.17, 15) is 4.79 Å². The van der Waals surface area contributed by atoms with Gasteiger partial charge in [0.15, 0.2) is 0 Å². The lowest BCUT2D eigenvalue weighted by Gasteiger charge is -2.06. The van der Waals surface area contributed by atoms with Crippen LogP contribution in [0.3, 0.4) is 0 Å². The first-order valence-electron chi connectivity index (χ1n) is 4.80. The summed E-state index contributed by atoms with van der Waals surface area (Å²) in [5.41, 5.74) is 0. The van der Waals surface area contributed by atoms with E-state index < -0.39 is 5.97 Å². The van der Waals surface area contributed by atoms with Crippen molar-refractivity contribution in [2.45, 2.75) is 13.3 Å². The van der Waals surface area contributed by atoms with Gasteiger partial charge in [-0.15, -0.1) is 0 Å². The minimum atomic E-state index is -0.860. The largest absolute Gasteiger partial charge is 0.494 e. The van der Waals surface area contributed by atoms with Gasteiger partial charge in [0, 0.05) is 0 Å². The Balaban J connectivity index is 2.39. The smallest absolute Gasteiger partial charge is 0.306 e. The molecule has 0 unspecified atom stereocenters. The van der Waals surface area contributed by atoms with Gasteiger partial charge in [0.25, 0.3) is 0 Å². The second kappa shape index (κ2) is 5.90. The SMILES string of the molecule is CCOc1ccc(OCCC(=O)O)cc1. The Labute approximate surface area is 88.4 Å². The van der Waals surface area contributed by atoms with E-state index >= 15 is 0 Å². The molecular formula is C11H14O4. The summed E-state index contributed by atoms with van der Waals surface area (Å²) in [6.45, 7) is 2.72. The van der Waals surface area contributed by atoms with E-state index in [0.717, 1.165) is 5.75 Å². The van der Waals surface area contributed by atoms with Crippen LogP contribution < -0.4 is 9.47 Å². The van der Waals surface area contributed by atoms with Crippen molar-refractivity contribution in [3.63, 3.8) is 0 Å². The highest BCUT2D eigenvalue weighted by molar-refractivity contribution is 5.66. The number of aliphatic carboxylic acids is 1. The third-order valence-corrected chi connectivity index (χ3v) is 1.72. The van der Waals surface area contributed by atoms with Crippen LogP contribution in [0.2, 0.25) is 0 Å². The normalized spacial score (nSPS) is 9.67. The summed E-state index contributed by atoms with van der Waals surface area (Å²) in [4.78, 5) is 10.2. The van der Waals surface area contributed by atoms with E-state index in [2.05, 4.69) is 0 Å². The molecule has 0 atom stereocenters. The molecule has 0 heterocycles. The van der Waals surface area contributed by atoms with Crippen molar-refractivity contribution in [2.24, 2.45) is 0 Å². The van der Waals surface area contributed by atoms with Gasteiger partial charge >= 0.3 is 5.97 Å². The van der Waals surface area contributed by atoms with Crippen molar-refractivity contribution >= 4 is 5.97 Å². The van der Waals surface area contributed by atoms with Crippen molar-refractivity contribution in [3.05, 3.63) is 24.3 Å². The zero-order valence-electron chi connectivity index (χ0n) is 8.60. The first kappa shape index (κ1) is 11.4. The van der Waals surface area contributed by atoms with Crippen LogP contribution in [0.5, 0.6) is 11.5 Å². The number of hydrogen-bond donors (Lipinski definition) is 1. The molecule has 0 saturated carbocycles. The van der Waals surface area contributed by atoms with E-state index in [0.29, 0.717) is 12.4 Å².